The Morgan fingerprint density at radius 2 is 1.55 bits per heavy atom. The topological polar surface area (TPSA) is 124 Å². The summed E-state index contributed by atoms with van der Waals surface area (Å²) >= 11 is 0. The lowest BCUT2D eigenvalue weighted by Crippen LogP contribution is -2.17. The number of aromatic nitrogens is 2. The second kappa shape index (κ2) is 11.9. The van der Waals surface area contributed by atoms with Crippen LogP contribution in [0.1, 0.15) is 16.2 Å². The van der Waals surface area contributed by atoms with E-state index in [1.807, 2.05) is 12.1 Å². The van der Waals surface area contributed by atoms with E-state index in [9.17, 15) is 9.59 Å². The summed E-state index contributed by atoms with van der Waals surface area (Å²) in [6.07, 6.45) is 3.41. The maximum atomic E-state index is 13.5. The van der Waals surface area contributed by atoms with Crippen LogP contribution in [-0.4, -0.2) is 44.0 Å². The van der Waals surface area contributed by atoms with Gasteiger partial charge in [0.2, 0.25) is 11.2 Å². The number of methoxy groups -OCH3 is 4. The average Bonchev–Trinajstić information content (AvgIpc) is 3.02. The van der Waals surface area contributed by atoms with Crippen LogP contribution in [0, 0.1) is 0 Å². The number of nitrogen functional groups attached to an aromatic ring is 1. The third-order valence-electron chi connectivity index (χ3n) is 6.74. The summed E-state index contributed by atoms with van der Waals surface area (Å²) in [7, 11) is 5.80. The van der Waals surface area contributed by atoms with Crippen LogP contribution in [0.5, 0.6) is 23.0 Å². The van der Waals surface area contributed by atoms with Crippen LogP contribution in [0.15, 0.2) is 83.9 Å². The van der Waals surface area contributed by atoms with Crippen LogP contribution in [0.4, 0.5) is 5.69 Å². The maximum Gasteiger partial charge on any atom is 0.355 e. The Morgan fingerprint density at radius 3 is 2.14 bits per heavy atom. The summed E-state index contributed by atoms with van der Waals surface area (Å²) in [6, 6.07) is 19.0. The van der Waals surface area contributed by atoms with Gasteiger partial charge in [-0.25, -0.2) is 4.79 Å². The van der Waals surface area contributed by atoms with E-state index in [0.717, 1.165) is 0 Å². The van der Waals surface area contributed by atoms with E-state index in [0.29, 0.717) is 56.6 Å². The molecule has 3 aromatic rings. The molecule has 0 saturated carbocycles. The van der Waals surface area contributed by atoms with Crippen LogP contribution in [0.3, 0.4) is 0 Å². The number of hydrogen-bond acceptors (Lipinski definition) is 9. The van der Waals surface area contributed by atoms with Crippen LogP contribution < -0.4 is 30.1 Å². The fourth-order valence-corrected chi connectivity index (χ4v) is 4.75. The predicted molar refractivity (Wildman–Crippen MR) is 158 cm³/mol. The summed E-state index contributed by atoms with van der Waals surface area (Å²) in [6.45, 7) is 0.111. The lowest BCUT2D eigenvalue weighted by Gasteiger charge is -2.24. The molecule has 0 unspecified atom stereocenters. The Morgan fingerprint density at radius 1 is 0.857 bits per heavy atom. The fraction of sp³-hybridized carbons (Fsp3) is 0.156. The molecule has 1 aliphatic carbocycles. The zero-order chi connectivity index (χ0) is 29.8. The highest BCUT2D eigenvalue weighted by atomic mass is 16.5. The fourth-order valence-electron chi connectivity index (χ4n) is 4.75. The molecule has 10 nitrogen and oxygen atoms in total. The minimum Gasteiger partial charge on any atom is -0.493 e. The van der Waals surface area contributed by atoms with E-state index in [2.05, 4.69) is 4.98 Å². The molecule has 10 heteroatoms. The number of esters is 1. The zero-order valence-corrected chi connectivity index (χ0v) is 23.5. The van der Waals surface area contributed by atoms with Crippen molar-refractivity contribution in [3.05, 3.63) is 101 Å². The average molecular weight is 568 g/mol. The number of carbonyl (C=O) groups excluding carboxylic acids is 1. The summed E-state index contributed by atoms with van der Waals surface area (Å²) < 4.78 is 29.5. The first-order valence-corrected chi connectivity index (χ1v) is 12.9. The molecule has 0 amide bonds. The molecular formula is C32H29N3O7. The molecule has 0 saturated heterocycles. The Bertz CT molecular complexity index is 1740. The van der Waals surface area contributed by atoms with Gasteiger partial charge in [-0.15, -0.1) is 0 Å². The van der Waals surface area contributed by atoms with Gasteiger partial charge >= 0.3 is 5.97 Å². The Hall–Kier alpha value is -5.51. The SMILES string of the molecule is COC(=O)c1c(-c2cc(OC)c(OC)c(OC)c2)c2cc(=O)c(OCc3ccccn3)cc-2cn1-c1ccc(N)cc1. The van der Waals surface area contributed by atoms with Crippen LogP contribution >= 0.6 is 0 Å². The smallest absolute Gasteiger partial charge is 0.355 e. The van der Waals surface area contributed by atoms with Crippen LogP contribution in [-0.2, 0) is 11.3 Å². The number of hydrogen-bond donors (Lipinski definition) is 1. The molecule has 1 aliphatic heterocycles. The van der Waals surface area contributed by atoms with Gasteiger partial charge in [0.25, 0.3) is 0 Å². The summed E-state index contributed by atoms with van der Waals surface area (Å²) in [5, 5.41) is 0. The van der Waals surface area contributed by atoms with Crippen molar-refractivity contribution in [1.29, 1.82) is 0 Å². The third kappa shape index (κ3) is 5.29. The van der Waals surface area contributed by atoms with E-state index < -0.39 is 5.97 Å². The van der Waals surface area contributed by atoms with Crippen molar-refractivity contribution in [2.24, 2.45) is 0 Å². The standard InChI is InChI=1S/C32H29N3O7/c1-38-27-13-19(14-28(39-2)31(27)40-3)29-24-16-25(36)26(42-18-22-7-5-6-12-34-22)15-20(24)17-35(30(29)32(37)41-4)23-10-8-21(33)9-11-23/h5-17H,18,33H2,1-4H3. The van der Waals surface area contributed by atoms with Crippen molar-refractivity contribution in [3.8, 4) is 50.9 Å². The zero-order valence-electron chi connectivity index (χ0n) is 23.5. The molecule has 5 rings (SSSR count). The monoisotopic (exact) mass is 567 g/mol. The van der Waals surface area contributed by atoms with Gasteiger partial charge in [-0.3, -0.25) is 9.78 Å². The Balaban J connectivity index is 1.83. The number of anilines is 1. The molecule has 2 N–H and O–H groups in total. The number of benzene rings is 3. The Kier molecular flexibility index (Phi) is 7.96. The molecule has 0 fully saturated rings. The molecule has 1 aromatic heterocycles. The number of nitrogens with zero attached hydrogens (tertiary/aromatic N) is 2. The molecule has 0 atom stereocenters. The van der Waals surface area contributed by atoms with Gasteiger partial charge in [0, 0.05) is 34.9 Å². The largest absolute Gasteiger partial charge is 0.493 e. The second-order valence-electron chi connectivity index (χ2n) is 9.22. The number of nitrogens with two attached hydrogens (primary N) is 1. The van der Waals surface area contributed by atoms with Crippen molar-refractivity contribution < 1.29 is 28.5 Å². The third-order valence-corrected chi connectivity index (χ3v) is 6.74. The minimum absolute atomic E-state index is 0.111. The first-order valence-electron chi connectivity index (χ1n) is 12.9. The number of pyridine rings is 2. The molecule has 214 valence electrons. The van der Waals surface area contributed by atoms with E-state index in [1.54, 1.807) is 65.5 Å². The maximum absolute atomic E-state index is 13.5. The van der Waals surface area contributed by atoms with Gasteiger partial charge in [-0.2, -0.15) is 0 Å². The van der Waals surface area contributed by atoms with Crippen molar-refractivity contribution in [3.63, 3.8) is 0 Å². The van der Waals surface area contributed by atoms with E-state index >= 15 is 0 Å². The lowest BCUT2D eigenvalue weighted by atomic mass is 9.91. The first kappa shape index (κ1) is 28.0. The van der Waals surface area contributed by atoms with E-state index in [1.165, 1.54) is 34.5 Å². The first-order chi connectivity index (χ1) is 20.4. The molecule has 0 bridgehead atoms. The normalized spacial score (nSPS) is 10.8. The van der Waals surface area contributed by atoms with Gasteiger partial charge < -0.3 is 34.0 Å². The van der Waals surface area contributed by atoms with Gasteiger partial charge in [0.1, 0.15) is 12.3 Å². The molecule has 0 spiro atoms. The van der Waals surface area contributed by atoms with Crippen LogP contribution in [0.2, 0.25) is 0 Å². The molecule has 42 heavy (non-hydrogen) atoms. The molecular weight excluding hydrogens is 538 g/mol. The highest BCUT2D eigenvalue weighted by Gasteiger charge is 2.28. The molecule has 0 radical (unpaired) electrons. The van der Waals surface area contributed by atoms with Crippen molar-refractivity contribution >= 4 is 11.7 Å². The number of rotatable bonds is 9. The number of fused-ring (bicyclic) bond motifs is 1. The second-order valence-corrected chi connectivity index (χ2v) is 9.22. The molecule has 2 aromatic carbocycles. The highest BCUT2D eigenvalue weighted by molar-refractivity contribution is 6.02. The van der Waals surface area contributed by atoms with Gasteiger partial charge in [0.15, 0.2) is 17.2 Å². The molecule has 2 heterocycles. The summed E-state index contributed by atoms with van der Waals surface area (Å²) in [5.41, 5.74) is 9.70. The van der Waals surface area contributed by atoms with Crippen molar-refractivity contribution in [1.82, 2.24) is 9.55 Å². The van der Waals surface area contributed by atoms with E-state index in [-0.39, 0.29) is 23.5 Å². The predicted octanol–water partition coefficient (Wildman–Crippen LogP) is 4.98. The van der Waals surface area contributed by atoms with Crippen molar-refractivity contribution in [2.45, 2.75) is 6.61 Å². The quantitative estimate of drug-likeness (QED) is 0.194. The van der Waals surface area contributed by atoms with E-state index in [4.69, 9.17) is 29.4 Å². The van der Waals surface area contributed by atoms with Crippen LogP contribution in [0.25, 0.3) is 27.9 Å². The van der Waals surface area contributed by atoms with Crippen molar-refractivity contribution in [2.75, 3.05) is 34.2 Å². The van der Waals surface area contributed by atoms with Gasteiger partial charge in [-0.05, 0) is 71.8 Å². The van der Waals surface area contributed by atoms with Gasteiger partial charge in [0.05, 0.1) is 34.1 Å². The number of ether oxygens (including phenoxy) is 5. The lowest BCUT2D eigenvalue weighted by molar-refractivity contribution is 0.0592. The summed E-state index contributed by atoms with van der Waals surface area (Å²) in [5.74, 6) is 0.636. The Labute approximate surface area is 242 Å². The minimum atomic E-state index is -0.625. The van der Waals surface area contributed by atoms with Gasteiger partial charge in [-0.1, -0.05) is 6.07 Å². The highest BCUT2D eigenvalue weighted by Crippen LogP contribution is 2.45. The number of carbonyl (C=O) groups is 1. The summed E-state index contributed by atoms with van der Waals surface area (Å²) in [4.78, 5) is 31.1. The molecule has 2 aliphatic rings.